The number of rotatable bonds is 0. The maximum atomic E-state index is 11.4. The van der Waals surface area contributed by atoms with Crippen LogP contribution in [0.1, 0.15) is 20.8 Å². The van der Waals surface area contributed by atoms with Gasteiger partial charge in [0.25, 0.3) is 0 Å². The summed E-state index contributed by atoms with van der Waals surface area (Å²) in [5.74, 6) is -0.291. The molecule has 1 N–H and O–H groups in total. The molecule has 14 heavy (non-hydrogen) atoms. The largest absolute Gasteiger partial charge is 0.443 e. The maximum absolute atomic E-state index is 11.4. The molecule has 5 nitrogen and oxygen atoms in total. The summed E-state index contributed by atoms with van der Waals surface area (Å²) in [6.45, 7) is 5.19. The van der Waals surface area contributed by atoms with E-state index in [1.54, 1.807) is 20.8 Å². The number of carbonyl (C=O) groups excluding carboxylic acids is 2. The summed E-state index contributed by atoms with van der Waals surface area (Å²) in [5.41, 5.74) is -0.585. The van der Waals surface area contributed by atoms with Crippen LogP contribution < -0.4 is 5.32 Å². The third-order valence-electron chi connectivity index (χ3n) is 1.41. The molecule has 1 fully saturated rings. The van der Waals surface area contributed by atoms with E-state index in [-0.39, 0.29) is 17.6 Å². The Hall–Kier alpha value is -1.17. The van der Waals surface area contributed by atoms with E-state index in [0.29, 0.717) is 0 Å². The van der Waals surface area contributed by atoms with E-state index in [4.69, 9.17) is 17.0 Å². The molecule has 0 bridgehead atoms. The van der Waals surface area contributed by atoms with Gasteiger partial charge in [0, 0.05) is 0 Å². The third kappa shape index (κ3) is 2.66. The van der Waals surface area contributed by atoms with Crippen LogP contribution in [0, 0.1) is 0 Å². The molecule has 78 valence electrons. The summed E-state index contributed by atoms with van der Waals surface area (Å²) in [4.78, 5) is 23.4. The lowest BCUT2D eigenvalue weighted by atomic mass is 10.2. The second kappa shape index (κ2) is 3.53. The highest BCUT2D eigenvalue weighted by Crippen LogP contribution is 2.11. The highest BCUT2D eigenvalue weighted by molar-refractivity contribution is 7.80. The van der Waals surface area contributed by atoms with Crippen molar-refractivity contribution in [2.24, 2.45) is 0 Å². The van der Waals surface area contributed by atoms with E-state index in [2.05, 4.69) is 5.32 Å². The van der Waals surface area contributed by atoms with Gasteiger partial charge in [-0.2, -0.15) is 0 Å². The molecule has 6 heteroatoms. The molecular formula is C8H12N2O3S. The minimum atomic E-state index is -0.596. The monoisotopic (exact) mass is 216 g/mol. The predicted octanol–water partition coefficient (Wildman–Crippen LogP) is 0.638. The lowest BCUT2D eigenvalue weighted by Gasteiger charge is -2.22. The number of ether oxygens (including phenoxy) is 1. The van der Waals surface area contributed by atoms with E-state index in [1.807, 2.05) is 0 Å². The van der Waals surface area contributed by atoms with E-state index < -0.39 is 11.7 Å². The quantitative estimate of drug-likeness (QED) is 0.604. The van der Waals surface area contributed by atoms with E-state index in [0.717, 1.165) is 4.90 Å². The highest BCUT2D eigenvalue weighted by Gasteiger charge is 2.32. The van der Waals surface area contributed by atoms with Gasteiger partial charge in [-0.1, -0.05) is 0 Å². The van der Waals surface area contributed by atoms with Crippen molar-refractivity contribution in [2.45, 2.75) is 26.4 Å². The Morgan fingerprint density at radius 3 is 2.50 bits per heavy atom. The van der Waals surface area contributed by atoms with E-state index >= 15 is 0 Å². The molecule has 0 aromatic heterocycles. The van der Waals surface area contributed by atoms with Crippen LogP contribution in [-0.2, 0) is 9.53 Å². The zero-order valence-corrected chi connectivity index (χ0v) is 9.10. The predicted molar refractivity (Wildman–Crippen MR) is 53.7 cm³/mol. The standard InChI is InChI=1S/C8H12N2O3S/c1-8(2,3)13-7(12)10-4-5(11)9-6(10)14/h4H2,1-3H3,(H,9,11,14). The van der Waals surface area contributed by atoms with Crippen LogP contribution >= 0.6 is 12.2 Å². The molecule has 0 saturated carbocycles. The molecule has 1 heterocycles. The van der Waals surface area contributed by atoms with E-state index in [9.17, 15) is 9.59 Å². The van der Waals surface area contributed by atoms with Gasteiger partial charge >= 0.3 is 6.09 Å². The Balaban J connectivity index is 2.62. The van der Waals surface area contributed by atoms with E-state index in [1.165, 1.54) is 0 Å². The molecule has 1 rings (SSSR count). The van der Waals surface area contributed by atoms with Crippen LogP contribution in [-0.4, -0.2) is 34.2 Å². The number of nitrogens with one attached hydrogen (secondary N) is 1. The van der Waals surface area contributed by atoms with Crippen molar-refractivity contribution in [1.82, 2.24) is 10.2 Å². The van der Waals surface area contributed by atoms with Gasteiger partial charge in [0.15, 0.2) is 5.11 Å². The van der Waals surface area contributed by atoms with Crippen LogP contribution in [0.5, 0.6) is 0 Å². The van der Waals surface area contributed by atoms with Crippen molar-refractivity contribution < 1.29 is 14.3 Å². The fourth-order valence-electron chi connectivity index (χ4n) is 0.906. The smallest absolute Gasteiger partial charge is 0.417 e. The van der Waals surface area contributed by atoms with Gasteiger partial charge in [0.05, 0.1) is 0 Å². The van der Waals surface area contributed by atoms with Crippen LogP contribution in [0.3, 0.4) is 0 Å². The first-order chi connectivity index (χ1) is 6.29. The Bertz CT molecular complexity index is 295. The fraction of sp³-hybridized carbons (Fsp3) is 0.625. The van der Waals surface area contributed by atoms with Crippen molar-refractivity contribution in [3.63, 3.8) is 0 Å². The van der Waals surface area contributed by atoms with Gasteiger partial charge in [-0.15, -0.1) is 0 Å². The Kier molecular flexibility index (Phi) is 2.75. The van der Waals surface area contributed by atoms with Crippen LogP contribution in [0.4, 0.5) is 4.79 Å². The average Bonchev–Trinajstić information content (AvgIpc) is 2.26. The number of nitrogens with zero attached hydrogens (tertiary/aromatic N) is 1. The van der Waals surface area contributed by atoms with Gasteiger partial charge < -0.3 is 10.1 Å². The topological polar surface area (TPSA) is 58.6 Å². The van der Waals surface area contributed by atoms with Gasteiger partial charge in [-0.05, 0) is 33.0 Å². The summed E-state index contributed by atoms with van der Waals surface area (Å²) < 4.78 is 5.05. The Labute approximate surface area is 87.4 Å². The Morgan fingerprint density at radius 1 is 1.57 bits per heavy atom. The second-order valence-electron chi connectivity index (χ2n) is 3.92. The summed E-state index contributed by atoms with van der Waals surface area (Å²) >= 11 is 4.78. The van der Waals surface area contributed by atoms with Crippen LogP contribution in [0.15, 0.2) is 0 Å². The lowest BCUT2D eigenvalue weighted by Crippen LogP contribution is -2.38. The molecule has 0 aliphatic carbocycles. The molecular weight excluding hydrogens is 204 g/mol. The summed E-state index contributed by atoms with van der Waals surface area (Å²) in [7, 11) is 0. The van der Waals surface area contributed by atoms with Crippen LogP contribution in [0.2, 0.25) is 0 Å². The van der Waals surface area contributed by atoms with Crippen molar-refractivity contribution in [1.29, 1.82) is 0 Å². The molecule has 0 radical (unpaired) electrons. The zero-order chi connectivity index (χ0) is 10.9. The molecule has 0 spiro atoms. The molecule has 0 aromatic carbocycles. The average molecular weight is 216 g/mol. The number of amides is 2. The Morgan fingerprint density at radius 2 is 2.14 bits per heavy atom. The number of hydrogen-bond donors (Lipinski definition) is 1. The van der Waals surface area contributed by atoms with Crippen molar-refractivity contribution >= 4 is 29.3 Å². The second-order valence-corrected chi connectivity index (χ2v) is 4.31. The normalized spacial score (nSPS) is 16.9. The zero-order valence-electron chi connectivity index (χ0n) is 8.29. The first-order valence-electron chi connectivity index (χ1n) is 4.14. The summed E-state index contributed by atoms with van der Waals surface area (Å²) in [5, 5.41) is 2.45. The van der Waals surface area contributed by atoms with Crippen molar-refractivity contribution in [3.05, 3.63) is 0 Å². The SMILES string of the molecule is CC(C)(C)OC(=O)N1CC(=O)NC1=S. The number of carbonyl (C=O) groups is 2. The van der Waals surface area contributed by atoms with Gasteiger partial charge in [-0.25, -0.2) is 9.69 Å². The molecule has 1 aliphatic rings. The van der Waals surface area contributed by atoms with Crippen molar-refractivity contribution in [2.75, 3.05) is 6.54 Å². The molecule has 0 aromatic rings. The summed E-state index contributed by atoms with van der Waals surface area (Å²) in [6, 6.07) is 0. The molecule has 1 aliphatic heterocycles. The highest BCUT2D eigenvalue weighted by atomic mass is 32.1. The fourth-order valence-corrected chi connectivity index (χ4v) is 1.16. The van der Waals surface area contributed by atoms with Gasteiger partial charge in [0.2, 0.25) is 5.91 Å². The van der Waals surface area contributed by atoms with Crippen molar-refractivity contribution in [3.8, 4) is 0 Å². The molecule has 1 saturated heterocycles. The first-order valence-corrected chi connectivity index (χ1v) is 4.55. The van der Waals surface area contributed by atoms with Gasteiger partial charge in [0.1, 0.15) is 12.1 Å². The maximum Gasteiger partial charge on any atom is 0.417 e. The number of thiocarbonyl (C=S) groups is 1. The summed E-state index contributed by atoms with van der Waals surface area (Å²) in [6.07, 6.45) is -0.596. The molecule has 0 atom stereocenters. The third-order valence-corrected chi connectivity index (χ3v) is 1.73. The first kappa shape index (κ1) is 10.9. The minimum Gasteiger partial charge on any atom is -0.443 e. The molecule has 0 unspecified atom stereocenters. The minimum absolute atomic E-state index is 0.0618. The van der Waals surface area contributed by atoms with Gasteiger partial charge in [-0.3, -0.25) is 4.79 Å². The number of hydrogen-bond acceptors (Lipinski definition) is 4. The molecule has 2 amide bonds. The lowest BCUT2D eigenvalue weighted by molar-refractivity contribution is -0.118. The van der Waals surface area contributed by atoms with Crippen LogP contribution in [0.25, 0.3) is 0 Å².